The molecule has 0 unspecified atom stereocenters. The summed E-state index contributed by atoms with van der Waals surface area (Å²) in [6, 6.07) is 0. The monoisotopic (exact) mass is 286 g/mol. The van der Waals surface area contributed by atoms with E-state index >= 15 is 0 Å². The van der Waals surface area contributed by atoms with Gasteiger partial charge in [0.2, 0.25) is 0 Å². The van der Waals surface area contributed by atoms with Crippen LogP contribution in [0.2, 0.25) is 0 Å². The number of nitrogen functional groups attached to an aromatic ring is 1. The smallest absolute Gasteiger partial charge is 0.277 e. The fraction of sp³-hybridized carbons (Fsp3) is 0.636. The number of ether oxygens (including phenoxy) is 2. The summed E-state index contributed by atoms with van der Waals surface area (Å²) in [6.07, 6.45) is 0. The summed E-state index contributed by atoms with van der Waals surface area (Å²) in [6.45, 7) is 4.29. The molecule has 1 aliphatic rings. The molecule has 0 bridgehead atoms. The van der Waals surface area contributed by atoms with E-state index in [0.717, 1.165) is 37.9 Å². The first-order chi connectivity index (χ1) is 9.24. The number of carbonyl (C=O) groups is 1. The molecule has 3 N–H and O–H groups in total. The van der Waals surface area contributed by atoms with E-state index in [1.165, 1.54) is 11.3 Å². The number of nitrogens with two attached hydrogens (primary N) is 1. The third-order valence-electron chi connectivity index (χ3n) is 2.82. The number of hydrogen-bond acceptors (Lipinski definition) is 7. The van der Waals surface area contributed by atoms with Crippen molar-refractivity contribution < 1.29 is 14.3 Å². The molecule has 1 fully saturated rings. The van der Waals surface area contributed by atoms with Gasteiger partial charge in [0, 0.05) is 20.2 Å². The number of nitrogens with zero attached hydrogens (tertiary/aromatic N) is 2. The number of methoxy groups -OCH3 is 1. The second-order valence-electron chi connectivity index (χ2n) is 4.18. The van der Waals surface area contributed by atoms with Gasteiger partial charge in [0.25, 0.3) is 5.91 Å². The maximum atomic E-state index is 11.7. The van der Waals surface area contributed by atoms with E-state index < -0.39 is 0 Å². The first-order valence-corrected chi connectivity index (χ1v) is 6.84. The molecule has 1 amide bonds. The molecule has 1 aliphatic heterocycles. The average Bonchev–Trinajstić information content (AvgIpc) is 2.82. The fourth-order valence-electron chi connectivity index (χ4n) is 1.90. The number of carbonyl (C=O) groups excluding carboxylic acids is 1. The van der Waals surface area contributed by atoms with Crippen molar-refractivity contribution in [3.05, 3.63) is 15.6 Å². The number of hydrazine groups is 1. The molecule has 8 heteroatoms. The predicted octanol–water partition coefficient (Wildman–Crippen LogP) is -0.275. The van der Waals surface area contributed by atoms with Crippen molar-refractivity contribution in [3.63, 3.8) is 0 Å². The Bertz CT molecular complexity index is 432. The lowest BCUT2D eigenvalue weighted by Crippen LogP contribution is -2.35. The average molecular weight is 286 g/mol. The lowest BCUT2D eigenvalue weighted by atomic mass is 10.3. The third-order valence-corrected chi connectivity index (χ3v) is 3.90. The molecule has 1 saturated heterocycles. The minimum absolute atomic E-state index is 0.308. The maximum Gasteiger partial charge on any atom is 0.277 e. The number of nitrogens with one attached hydrogen (secondary N) is 1. The Hall–Kier alpha value is -1.06. The molecule has 0 aromatic carbocycles. The molecule has 0 atom stereocenters. The van der Waals surface area contributed by atoms with Gasteiger partial charge in [-0.1, -0.05) is 0 Å². The Kier molecular flexibility index (Phi) is 5.23. The molecule has 1 aromatic rings. The minimum Gasteiger partial charge on any atom is -0.379 e. The van der Waals surface area contributed by atoms with Gasteiger partial charge in [0.15, 0.2) is 0 Å². The second-order valence-corrected chi connectivity index (χ2v) is 5.26. The van der Waals surface area contributed by atoms with E-state index in [-0.39, 0.29) is 5.91 Å². The molecule has 0 radical (unpaired) electrons. The molecular weight excluding hydrogens is 268 g/mol. The van der Waals surface area contributed by atoms with Crippen LogP contribution in [0.5, 0.6) is 0 Å². The van der Waals surface area contributed by atoms with Crippen LogP contribution >= 0.6 is 11.3 Å². The summed E-state index contributed by atoms with van der Waals surface area (Å²) in [5.74, 6) is 4.85. The molecule has 2 rings (SSSR count). The highest BCUT2D eigenvalue weighted by Crippen LogP contribution is 2.21. The van der Waals surface area contributed by atoms with E-state index in [4.69, 9.17) is 15.3 Å². The van der Waals surface area contributed by atoms with Crippen LogP contribution in [0.25, 0.3) is 0 Å². The number of aromatic nitrogens is 1. The fourth-order valence-corrected chi connectivity index (χ4v) is 2.91. The van der Waals surface area contributed by atoms with Gasteiger partial charge in [-0.3, -0.25) is 15.1 Å². The Labute approximate surface area is 115 Å². The number of hydrogen-bond donors (Lipinski definition) is 2. The number of rotatable bonds is 5. The van der Waals surface area contributed by atoms with Crippen LogP contribution in [0.15, 0.2) is 0 Å². The summed E-state index contributed by atoms with van der Waals surface area (Å²) >= 11 is 1.36. The Morgan fingerprint density at radius 3 is 2.95 bits per heavy atom. The summed E-state index contributed by atoms with van der Waals surface area (Å²) in [5, 5.41) is 0.896. The molecule has 1 aromatic heterocycles. The maximum absolute atomic E-state index is 11.7. The predicted molar refractivity (Wildman–Crippen MR) is 70.6 cm³/mol. The minimum atomic E-state index is -0.322. The first kappa shape index (κ1) is 14.4. The van der Waals surface area contributed by atoms with E-state index in [9.17, 15) is 4.79 Å². The number of amides is 1. The van der Waals surface area contributed by atoms with Crippen LogP contribution in [0.1, 0.15) is 20.4 Å². The summed E-state index contributed by atoms with van der Waals surface area (Å²) in [7, 11) is 1.57. The van der Waals surface area contributed by atoms with Crippen molar-refractivity contribution in [3.8, 4) is 0 Å². The van der Waals surface area contributed by atoms with E-state index in [2.05, 4.69) is 15.3 Å². The van der Waals surface area contributed by atoms with Crippen molar-refractivity contribution in [2.75, 3.05) is 33.4 Å². The zero-order valence-corrected chi connectivity index (χ0v) is 11.7. The van der Waals surface area contributed by atoms with Crippen molar-refractivity contribution >= 4 is 17.2 Å². The Balaban J connectivity index is 2.09. The summed E-state index contributed by atoms with van der Waals surface area (Å²) < 4.78 is 10.4. The zero-order chi connectivity index (χ0) is 13.7. The van der Waals surface area contributed by atoms with Crippen molar-refractivity contribution in [1.82, 2.24) is 15.3 Å². The number of thiazole rings is 1. The van der Waals surface area contributed by atoms with Crippen molar-refractivity contribution in [1.29, 1.82) is 0 Å². The van der Waals surface area contributed by atoms with Gasteiger partial charge >= 0.3 is 0 Å². The van der Waals surface area contributed by atoms with Crippen LogP contribution in [0, 0.1) is 0 Å². The third kappa shape index (κ3) is 3.71. The van der Waals surface area contributed by atoms with Crippen LogP contribution in [-0.4, -0.2) is 49.2 Å². The first-order valence-electron chi connectivity index (χ1n) is 6.03. The highest BCUT2D eigenvalue weighted by atomic mass is 32.1. The zero-order valence-electron chi connectivity index (χ0n) is 10.8. The van der Waals surface area contributed by atoms with Gasteiger partial charge in [-0.2, -0.15) is 0 Å². The normalized spacial score (nSPS) is 16.5. The number of morpholine rings is 1. The van der Waals surface area contributed by atoms with Gasteiger partial charge < -0.3 is 9.47 Å². The standard InChI is InChI=1S/C11H18N4O3S/c1-17-7-8-10(11(16)14-12)19-9(13-8)6-15-2-4-18-5-3-15/h2-7,12H2,1H3,(H,14,16). The van der Waals surface area contributed by atoms with Crippen LogP contribution in [0.4, 0.5) is 0 Å². The molecule has 106 valence electrons. The summed E-state index contributed by atoms with van der Waals surface area (Å²) in [5.41, 5.74) is 2.78. The van der Waals surface area contributed by atoms with Gasteiger partial charge in [-0.25, -0.2) is 10.8 Å². The SMILES string of the molecule is COCc1nc(CN2CCOCC2)sc1C(=O)NN. The van der Waals surface area contributed by atoms with Crippen LogP contribution < -0.4 is 11.3 Å². The van der Waals surface area contributed by atoms with Gasteiger partial charge in [0.1, 0.15) is 9.88 Å². The van der Waals surface area contributed by atoms with Crippen molar-refractivity contribution in [2.45, 2.75) is 13.2 Å². The lowest BCUT2D eigenvalue weighted by molar-refractivity contribution is 0.0341. The molecular formula is C11H18N4O3S. The highest BCUT2D eigenvalue weighted by Gasteiger charge is 2.19. The van der Waals surface area contributed by atoms with Gasteiger partial charge in [-0.15, -0.1) is 11.3 Å². The molecule has 0 aliphatic carbocycles. The molecule has 19 heavy (non-hydrogen) atoms. The van der Waals surface area contributed by atoms with E-state index in [1.54, 1.807) is 7.11 Å². The second kappa shape index (κ2) is 6.92. The molecule has 0 saturated carbocycles. The molecule has 0 spiro atoms. The van der Waals surface area contributed by atoms with Crippen molar-refractivity contribution in [2.24, 2.45) is 5.84 Å². The van der Waals surface area contributed by atoms with Gasteiger partial charge in [-0.05, 0) is 0 Å². The molecule has 7 nitrogen and oxygen atoms in total. The molecule has 2 heterocycles. The quantitative estimate of drug-likeness (QED) is 0.440. The largest absolute Gasteiger partial charge is 0.379 e. The van der Waals surface area contributed by atoms with Crippen LogP contribution in [-0.2, 0) is 22.6 Å². The lowest BCUT2D eigenvalue weighted by Gasteiger charge is -2.25. The highest BCUT2D eigenvalue weighted by molar-refractivity contribution is 7.13. The Morgan fingerprint density at radius 2 is 2.32 bits per heavy atom. The topological polar surface area (TPSA) is 89.7 Å². The van der Waals surface area contributed by atoms with Gasteiger partial charge in [0.05, 0.1) is 32.1 Å². The Morgan fingerprint density at radius 1 is 1.58 bits per heavy atom. The summed E-state index contributed by atoms with van der Waals surface area (Å²) in [4.78, 5) is 18.9. The van der Waals surface area contributed by atoms with E-state index in [0.29, 0.717) is 17.2 Å². The van der Waals surface area contributed by atoms with E-state index in [1.807, 2.05) is 0 Å². The van der Waals surface area contributed by atoms with Crippen LogP contribution in [0.3, 0.4) is 0 Å².